The van der Waals surface area contributed by atoms with Crippen LogP contribution in [-0.2, 0) is 4.79 Å². The van der Waals surface area contributed by atoms with Crippen LogP contribution in [0.25, 0.3) is 0 Å². The first-order valence-corrected chi connectivity index (χ1v) is 9.56. The number of rotatable bonds is 7. The number of nitrogens with one attached hydrogen (secondary N) is 1. The molecule has 0 aromatic heterocycles. The van der Waals surface area contributed by atoms with Crippen LogP contribution in [0.3, 0.4) is 0 Å². The van der Waals surface area contributed by atoms with Crippen molar-refractivity contribution in [1.29, 1.82) is 0 Å². The number of anilines is 1. The number of aliphatic hydroxyl groups excluding tert-OH is 1. The van der Waals surface area contributed by atoms with Gasteiger partial charge in [0.2, 0.25) is 5.91 Å². The van der Waals surface area contributed by atoms with Crippen molar-refractivity contribution in [2.45, 2.75) is 32.2 Å². The minimum Gasteiger partial charge on any atom is -0.396 e. The lowest BCUT2D eigenvalue weighted by Crippen LogP contribution is -2.55. The Morgan fingerprint density at radius 2 is 2.16 bits per heavy atom. The summed E-state index contributed by atoms with van der Waals surface area (Å²) >= 11 is 6.03. The Morgan fingerprint density at radius 1 is 1.36 bits per heavy atom. The Morgan fingerprint density at radius 3 is 2.84 bits per heavy atom. The van der Waals surface area contributed by atoms with Gasteiger partial charge in [0.25, 0.3) is 0 Å². The Labute approximate surface area is 154 Å². The van der Waals surface area contributed by atoms with Gasteiger partial charge in [-0.1, -0.05) is 11.6 Å². The number of hydrogen-bond acceptors (Lipinski definition) is 4. The predicted molar refractivity (Wildman–Crippen MR) is 101 cm³/mol. The van der Waals surface area contributed by atoms with Crippen LogP contribution in [-0.4, -0.2) is 66.2 Å². The fraction of sp³-hybridized carbons (Fsp3) is 0.632. The van der Waals surface area contributed by atoms with Crippen LogP contribution in [0.2, 0.25) is 5.02 Å². The zero-order valence-corrected chi connectivity index (χ0v) is 15.6. The number of amides is 1. The highest BCUT2D eigenvalue weighted by Crippen LogP contribution is 2.31. The minimum atomic E-state index is 0.000105. The van der Waals surface area contributed by atoms with Gasteiger partial charge in [-0.2, -0.15) is 0 Å². The summed E-state index contributed by atoms with van der Waals surface area (Å²) in [6.45, 7) is 6.40. The highest BCUT2D eigenvalue weighted by molar-refractivity contribution is 6.31. The van der Waals surface area contributed by atoms with Crippen molar-refractivity contribution in [3.05, 3.63) is 28.8 Å². The molecule has 0 bridgehead atoms. The van der Waals surface area contributed by atoms with Gasteiger partial charge in [-0.25, -0.2) is 0 Å². The number of nitrogens with zero attached hydrogens (tertiary/aromatic N) is 2. The molecule has 1 aromatic rings. The molecular weight excluding hydrogens is 338 g/mol. The number of piperazine rings is 1. The average molecular weight is 366 g/mol. The molecule has 0 unspecified atom stereocenters. The summed E-state index contributed by atoms with van der Waals surface area (Å²) in [7, 11) is 0. The van der Waals surface area contributed by atoms with Crippen molar-refractivity contribution in [3.8, 4) is 0 Å². The van der Waals surface area contributed by atoms with E-state index in [1.807, 2.05) is 19.1 Å². The number of hydrogen-bond donors (Lipinski definition) is 2. The molecule has 1 saturated carbocycles. The summed E-state index contributed by atoms with van der Waals surface area (Å²) in [5.41, 5.74) is 1.74. The molecule has 5 nitrogen and oxygen atoms in total. The number of aryl methyl sites for hydroxylation is 1. The molecule has 2 fully saturated rings. The van der Waals surface area contributed by atoms with Gasteiger partial charge in [-0.15, -0.1) is 0 Å². The third-order valence-corrected chi connectivity index (χ3v) is 5.57. The van der Waals surface area contributed by atoms with E-state index >= 15 is 0 Å². The van der Waals surface area contributed by atoms with E-state index in [0.29, 0.717) is 17.6 Å². The molecule has 3 rings (SSSR count). The van der Waals surface area contributed by atoms with E-state index in [0.717, 1.165) is 49.8 Å². The van der Waals surface area contributed by atoms with Gasteiger partial charge in [-0.3, -0.25) is 14.6 Å². The molecule has 1 aliphatic carbocycles. The van der Waals surface area contributed by atoms with Crippen molar-refractivity contribution < 1.29 is 9.90 Å². The topological polar surface area (TPSA) is 55.8 Å². The van der Waals surface area contributed by atoms with E-state index in [-0.39, 0.29) is 12.5 Å². The van der Waals surface area contributed by atoms with Crippen molar-refractivity contribution >= 4 is 23.2 Å². The zero-order valence-electron chi connectivity index (χ0n) is 14.9. The van der Waals surface area contributed by atoms with Crippen molar-refractivity contribution in [2.75, 3.05) is 44.6 Å². The average Bonchev–Trinajstić information content (AvgIpc) is 3.38. The Kier molecular flexibility index (Phi) is 6.34. The van der Waals surface area contributed by atoms with Crippen LogP contribution < -0.4 is 5.32 Å². The maximum absolute atomic E-state index is 12.4. The van der Waals surface area contributed by atoms with Crippen LogP contribution in [0.1, 0.15) is 24.8 Å². The second kappa shape index (κ2) is 8.49. The number of halogens is 1. The SMILES string of the molecule is Cc1cc(NC(=O)CN2CCN(CC3CC3)[C@H](CCO)C2)ccc1Cl. The lowest BCUT2D eigenvalue weighted by atomic mass is 10.1. The maximum atomic E-state index is 12.4. The van der Waals surface area contributed by atoms with Gasteiger partial charge in [0.1, 0.15) is 0 Å². The summed E-state index contributed by atoms with van der Waals surface area (Å²) < 4.78 is 0. The van der Waals surface area contributed by atoms with Crippen LogP contribution in [0.4, 0.5) is 5.69 Å². The van der Waals surface area contributed by atoms with E-state index in [4.69, 9.17) is 11.6 Å². The molecule has 6 heteroatoms. The molecule has 0 spiro atoms. The number of carbonyl (C=O) groups is 1. The lowest BCUT2D eigenvalue weighted by Gasteiger charge is -2.41. The maximum Gasteiger partial charge on any atom is 0.238 e. The molecule has 1 amide bonds. The van der Waals surface area contributed by atoms with Crippen LogP contribution in [0, 0.1) is 12.8 Å². The second-order valence-electron chi connectivity index (χ2n) is 7.35. The van der Waals surface area contributed by atoms with Crippen molar-refractivity contribution in [1.82, 2.24) is 9.80 Å². The Hall–Kier alpha value is -1.14. The van der Waals surface area contributed by atoms with E-state index in [1.54, 1.807) is 6.07 Å². The molecule has 1 aliphatic heterocycles. The molecule has 2 aliphatic rings. The minimum absolute atomic E-state index is 0.000105. The van der Waals surface area contributed by atoms with E-state index in [2.05, 4.69) is 15.1 Å². The Balaban J connectivity index is 1.51. The summed E-state index contributed by atoms with van der Waals surface area (Å²) in [5.74, 6) is 0.851. The summed E-state index contributed by atoms with van der Waals surface area (Å²) in [4.78, 5) is 17.1. The quantitative estimate of drug-likeness (QED) is 0.779. The fourth-order valence-corrected chi connectivity index (χ4v) is 3.64. The van der Waals surface area contributed by atoms with Gasteiger partial charge in [0, 0.05) is 49.5 Å². The first-order chi connectivity index (χ1) is 12.0. The molecule has 25 heavy (non-hydrogen) atoms. The third-order valence-electron chi connectivity index (χ3n) is 5.15. The van der Waals surface area contributed by atoms with E-state index in [9.17, 15) is 9.90 Å². The second-order valence-corrected chi connectivity index (χ2v) is 7.76. The van der Waals surface area contributed by atoms with E-state index < -0.39 is 0 Å². The summed E-state index contributed by atoms with van der Waals surface area (Å²) in [5, 5.41) is 13.0. The summed E-state index contributed by atoms with van der Waals surface area (Å²) in [6, 6.07) is 5.88. The number of aliphatic hydroxyl groups is 1. The van der Waals surface area contributed by atoms with Gasteiger partial charge in [0.15, 0.2) is 0 Å². The molecule has 1 heterocycles. The fourth-order valence-electron chi connectivity index (χ4n) is 3.52. The molecule has 1 aromatic carbocycles. The van der Waals surface area contributed by atoms with Crippen LogP contribution in [0.15, 0.2) is 18.2 Å². The van der Waals surface area contributed by atoms with Gasteiger partial charge in [0.05, 0.1) is 6.54 Å². The van der Waals surface area contributed by atoms with Gasteiger partial charge in [-0.05, 0) is 55.9 Å². The largest absolute Gasteiger partial charge is 0.396 e. The monoisotopic (exact) mass is 365 g/mol. The number of benzene rings is 1. The molecular formula is C19H28ClN3O2. The zero-order chi connectivity index (χ0) is 17.8. The van der Waals surface area contributed by atoms with E-state index in [1.165, 1.54) is 12.8 Å². The van der Waals surface area contributed by atoms with Crippen LogP contribution in [0.5, 0.6) is 0 Å². The summed E-state index contributed by atoms with van der Waals surface area (Å²) in [6.07, 6.45) is 3.46. The first-order valence-electron chi connectivity index (χ1n) is 9.18. The van der Waals surface area contributed by atoms with Gasteiger partial charge < -0.3 is 10.4 Å². The highest BCUT2D eigenvalue weighted by atomic mass is 35.5. The van der Waals surface area contributed by atoms with Gasteiger partial charge >= 0.3 is 0 Å². The first kappa shape index (κ1) is 18.6. The normalized spacial score (nSPS) is 22.1. The molecule has 2 N–H and O–H groups in total. The number of carbonyl (C=O) groups excluding carboxylic acids is 1. The lowest BCUT2D eigenvalue weighted by molar-refractivity contribution is -0.118. The third kappa shape index (κ3) is 5.42. The molecule has 1 atom stereocenters. The van der Waals surface area contributed by atoms with Crippen molar-refractivity contribution in [2.24, 2.45) is 5.92 Å². The molecule has 0 radical (unpaired) electrons. The van der Waals surface area contributed by atoms with Crippen molar-refractivity contribution in [3.63, 3.8) is 0 Å². The highest BCUT2D eigenvalue weighted by Gasteiger charge is 2.32. The van der Waals surface area contributed by atoms with Crippen LogP contribution >= 0.6 is 11.6 Å². The molecule has 1 saturated heterocycles. The predicted octanol–water partition coefficient (Wildman–Crippen LogP) is 2.37. The smallest absolute Gasteiger partial charge is 0.238 e. The molecule has 138 valence electrons. The Bertz CT molecular complexity index is 606. The standard InChI is InChI=1S/C19H28ClN3O2/c1-14-10-16(4-5-18(14)20)21-19(25)13-22-7-8-23(11-15-2-3-15)17(12-22)6-9-24/h4-5,10,15,17,24H,2-3,6-9,11-13H2,1H3,(H,21,25)/t17-/m1/s1.